The van der Waals surface area contributed by atoms with E-state index in [1.807, 2.05) is 6.07 Å². The number of amides is 2. The van der Waals surface area contributed by atoms with E-state index in [2.05, 4.69) is 15.1 Å². The highest BCUT2D eigenvalue weighted by Crippen LogP contribution is 2.40. The van der Waals surface area contributed by atoms with Crippen molar-refractivity contribution in [1.29, 1.82) is 0 Å². The van der Waals surface area contributed by atoms with Gasteiger partial charge in [0.2, 0.25) is 0 Å². The van der Waals surface area contributed by atoms with Crippen LogP contribution in [0.4, 0.5) is 5.69 Å². The van der Waals surface area contributed by atoms with Crippen LogP contribution in [0.25, 0.3) is 22.3 Å². The number of aryl methyl sites for hydroxylation is 1. The van der Waals surface area contributed by atoms with Crippen molar-refractivity contribution in [3.63, 3.8) is 0 Å². The van der Waals surface area contributed by atoms with Gasteiger partial charge in [-0.25, -0.2) is 14.6 Å². The summed E-state index contributed by atoms with van der Waals surface area (Å²) < 4.78 is 12.2. The molecular weight excluding hydrogens is 398 g/mol. The van der Waals surface area contributed by atoms with Crippen molar-refractivity contribution in [2.45, 2.75) is 0 Å². The van der Waals surface area contributed by atoms with Crippen molar-refractivity contribution in [2.75, 3.05) is 19.1 Å². The zero-order valence-corrected chi connectivity index (χ0v) is 17.0. The number of methoxy groups -OCH3 is 2. The first kappa shape index (κ1) is 18.7. The summed E-state index contributed by atoms with van der Waals surface area (Å²) in [5.41, 5.74) is 2.58. The molecule has 1 aliphatic heterocycles. The van der Waals surface area contributed by atoms with E-state index < -0.39 is 11.8 Å². The first-order valence-corrected chi connectivity index (χ1v) is 9.42. The average molecular weight is 415 g/mol. The van der Waals surface area contributed by atoms with E-state index >= 15 is 0 Å². The molecule has 9 nitrogen and oxygen atoms in total. The van der Waals surface area contributed by atoms with Gasteiger partial charge >= 0.3 is 0 Å². The number of pyridine rings is 2. The topological polar surface area (TPSA) is 99.4 Å². The number of fused-ring (bicyclic) bond motifs is 3. The van der Waals surface area contributed by atoms with E-state index in [1.165, 1.54) is 20.4 Å². The Morgan fingerprint density at radius 2 is 1.84 bits per heavy atom. The van der Waals surface area contributed by atoms with Crippen molar-refractivity contribution in [1.82, 2.24) is 19.7 Å². The maximum absolute atomic E-state index is 13.6. The Labute approximate surface area is 176 Å². The highest BCUT2D eigenvalue weighted by atomic mass is 16.5. The Kier molecular flexibility index (Phi) is 4.18. The first-order valence-electron chi connectivity index (χ1n) is 9.42. The summed E-state index contributed by atoms with van der Waals surface area (Å²) >= 11 is 0. The number of hydrogen-bond donors (Lipinski definition) is 0. The molecule has 0 saturated carbocycles. The maximum atomic E-state index is 13.6. The number of anilines is 1. The molecule has 9 heteroatoms. The number of rotatable bonds is 4. The summed E-state index contributed by atoms with van der Waals surface area (Å²) in [6, 6.07) is 8.54. The van der Waals surface area contributed by atoms with E-state index in [0.717, 1.165) is 10.5 Å². The quantitative estimate of drug-likeness (QED) is 0.473. The number of benzene rings is 1. The van der Waals surface area contributed by atoms with Crippen LogP contribution < -0.4 is 14.4 Å². The van der Waals surface area contributed by atoms with E-state index in [4.69, 9.17) is 9.47 Å². The Balaban J connectivity index is 1.74. The van der Waals surface area contributed by atoms with Gasteiger partial charge in [0.1, 0.15) is 17.2 Å². The molecule has 0 spiro atoms. The molecule has 1 aromatic carbocycles. The standard InChI is InChI=1S/C22H17N5O4/c1-26-20-18(19(25-26)12-5-4-8-23-10-12)17-14(11-24-20)21(28)27(22(17)29)15-7-6-13(30-2)9-16(15)31-3/h4-11H,1-3H3. The van der Waals surface area contributed by atoms with E-state index in [9.17, 15) is 9.59 Å². The molecular formula is C22H17N5O4. The predicted molar refractivity (Wildman–Crippen MR) is 112 cm³/mol. The van der Waals surface area contributed by atoms with Crippen LogP contribution >= 0.6 is 0 Å². The Morgan fingerprint density at radius 1 is 1.00 bits per heavy atom. The largest absolute Gasteiger partial charge is 0.497 e. The molecule has 0 bridgehead atoms. The normalized spacial score (nSPS) is 13.1. The third-order valence-electron chi connectivity index (χ3n) is 5.27. The number of carbonyl (C=O) groups excluding carboxylic acids is 2. The maximum Gasteiger partial charge on any atom is 0.267 e. The van der Waals surface area contributed by atoms with Crippen molar-refractivity contribution >= 4 is 28.5 Å². The van der Waals surface area contributed by atoms with Gasteiger partial charge in [0.25, 0.3) is 11.8 Å². The predicted octanol–water partition coefficient (Wildman–Crippen LogP) is 2.85. The lowest BCUT2D eigenvalue weighted by atomic mass is 10.0. The monoisotopic (exact) mass is 415 g/mol. The molecule has 31 heavy (non-hydrogen) atoms. The van der Waals surface area contributed by atoms with Crippen LogP contribution in [-0.2, 0) is 7.05 Å². The molecule has 1 aliphatic rings. The smallest absolute Gasteiger partial charge is 0.267 e. The first-order chi connectivity index (χ1) is 15.0. The number of nitrogens with zero attached hydrogens (tertiary/aromatic N) is 5. The summed E-state index contributed by atoms with van der Waals surface area (Å²) in [4.78, 5) is 36.5. The van der Waals surface area contributed by atoms with E-state index in [0.29, 0.717) is 33.9 Å². The summed E-state index contributed by atoms with van der Waals surface area (Å²) in [5.74, 6) is -0.0445. The second kappa shape index (κ2) is 6.91. The van der Waals surface area contributed by atoms with Crippen LogP contribution in [0.2, 0.25) is 0 Å². The van der Waals surface area contributed by atoms with Gasteiger partial charge in [0, 0.05) is 37.3 Å². The molecule has 4 aromatic rings. The van der Waals surface area contributed by atoms with Crippen LogP contribution in [0.15, 0.2) is 48.9 Å². The van der Waals surface area contributed by atoms with Crippen LogP contribution in [0, 0.1) is 0 Å². The minimum Gasteiger partial charge on any atom is -0.497 e. The number of ether oxygens (including phenoxy) is 2. The molecule has 0 aliphatic carbocycles. The molecule has 0 radical (unpaired) electrons. The number of aromatic nitrogens is 4. The fraction of sp³-hybridized carbons (Fsp3) is 0.136. The van der Waals surface area contributed by atoms with Gasteiger partial charge in [0.05, 0.1) is 36.4 Å². The molecule has 0 N–H and O–H groups in total. The number of hydrogen-bond acceptors (Lipinski definition) is 7. The number of carbonyl (C=O) groups is 2. The lowest BCUT2D eigenvalue weighted by Gasteiger charge is -2.18. The fourth-order valence-corrected chi connectivity index (χ4v) is 3.82. The minimum atomic E-state index is -0.473. The molecule has 154 valence electrons. The Bertz CT molecular complexity index is 1360. The molecule has 3 aromatic heterocycles. The summed E-state index contributed by atoms with van der Waals surface area (Å²) in [6.07, 6.45) is 4.74. The highest BCUT2D eigenvalue weighted by Gasteiger charge is 2.41. The van der Waals surface area contributed by atoms with Gasteiger partial charge in [-0.3, -0.25) is 14.6 Å². The van der Waals surface area contributed by atoms with E-state index in [-0.39, 0.29) is 11.1 Å². The summed E-state index contributed by atoms with van der Waals surface area (Å²) in [7, 11) is 4.74. The SMILES string of the molecule is COc1ccc(N2C(=O)c3cnc4c(c(-c5cccnc5)nn4C)c3C2=O)c(OC)c1. The van der Waals surface area contributed by atoms with Gasteiger partial charge < -0.3 is 9.47 Å². The van der Waals surface area contributed by atoms with Gasteiger partial charge in [-0.05, 0) is 24.3 Å². The lowest BCUT2D eigenvalue weighted by molar-refractivity contribution is 0.0925. The number of imide groups is 1. The fourth-order valence-electron chi connectivity index (χ4n) is 3.82. The van der Waals surface area contributed by atoms with Crippen LogP contribution in [0.5, 0.6) is 11.5 Å². The van der Waals surface area contributed by atoms with Crippen molar-refractivity contribution in [3.05, 3.63) is 60.0 Å². The lowest BCUT2D eigenvalue weighted by Crippen LogP contribution is -2.29. The van der Waals surface area contributed by atoms with Crippen LogP contribution in [-0.4, -0.2) is 45.8 Å². The second-order valence-electron chi connectivity index (χ2n) is 6.94. The summed E-state index contributed by atoms with van der Waals surface area (Å²) in [5, 5.41) is 5.06. The zero-order chi connectivity index (χ0) is 21.7. The molecule has 4 heterocycles. The average Bonchev–Trinajstić information content (AvgIpc) is 3.27. The van der Waals surface area contributed by atoms with Crippen LogP contribution in [0.3, 0.4) is 0 Å². The third-order valence-corrected chi connectivity index (χ3v) is 5.27. The van der Waals surface area contributed by atoms with Crippen LogP contribution in [0.1, 0.15) is 20.7 Å². The minimum absolute atomic E-state index is 0.216. The molecule has 0 saturated heterocycles. The van der Waals surface area contributed by atoms with Gasteiger partial charge in [0.15, 0.2) is 5.65 Å². The Morgan fingerprint density at radius 3 is 2.55 bits per heavy atom. The molecule has 5 rings (SSSR count). The van der Waals surface area contributed by atoms with Crippen molar-refractivity contribution < 1.29 is 19.1 Å². The molecule has 0 unspecified atom stereocenters. The van der Waals surface area contributed by atoms with Gasteiger partial charge in [-0.15, -0.1) is 0 Å². The van der Waals surface area contributed by atoms with Crippen molar-refractivity contribution in [2.24, 2.45) is 7.05 Å². The molecule has 0 fully saturated rings. The van der Waals surface area contributed by atoms with Crippen molar-refractivity contribution in [3.8, 4) is 22.8 Å². The third kappa shape index (κ3) is 2.67. The highest BCUT2D eigenvalue weighted by molar-refractivity contribution is 6.38. The molecule has 0 atom stereocenters. The zero-order valence-electron chi connectivity index (χ0n) is 17.0. The van der Waals surface area contributed by atoms with E-state index in [1.54, 1.807) is 48.4 Å². The Hall–Kier alpha value is -4.27. The van der Waals surface area contributed by atoms with Gasteiger partial charge in [-0.1, -0.05) is 0 Å². The van der Waals surface area contributed by atoms with Gasteiger partial charge in [-0.2, -0.15) is 5.10 Å². The summed E-state index contributed by atoms with van der Waals surface area (Å²) in [6.45, 7) is 0. The molecule has 2 amide bonds. The second-order valence-corrected chi connectivity index (χ2v) is 6.94.